The Morgan fingerprint density at radius 1 is 1.40 bits per heavy atom. The van der Waals surface area contributed by atoms with Gasteiger partial charge in [-0.25, -0.2) is 9.97 Å². The Labute approximate surface area is 125 Å². The number of hydrogen-bond acceptors (Lipinski definition) is 6. The highest BCUT2D eigenvalue weighted by atomic mass is 32.1. The maximum absolute atomic E-state index is 12.3. The molecule has 106 valence electrons. The summed E-state index contributed by atoms with van der Waals surface area (Å²) >= 11 is 3.04. The molecule has 0 saturated heterocycles. The predicted octanol–water partition coefficient (Wildman–Crippen LogP) is 2.18. The molecule has 0 aliphatic heterocycles. The van der Waals surface area contributed by atoms with Crippen molar-refractivity contribution in [1.29, 1.82) is 0 Å². The lowest BCUT2D eigenvalue weighted by molar-refractivity contribution is 0.0818. The summed E-state index contributed by atoms with van der Waals surface area (Å²) in [6, 6.07) is 0. The first-order valence-electron chi connectivity index (χ1n) is 6.52. The van der Waals surface area contributed by atoms with Crippen LogP contribution in [0, 0.1) is 6.92 Å². The molecule has 1 amide bonds. The second-order valence-electron chi connectivity index (χ2n) is 5.01. The van der Waals surface area contributed by atoms with Crippen LogP contribution in [0.25, 0.3) is 0 Å². The Hall–Kier alpha value is -1.31. The Morgan fingerprint density at radius 3 is 2.70 bits per heavy atom. The van der Waals surface area contributed by atoms with Crippen molar-refractivity contribution in [3.8, 4) is 0 Å². The number of aromatic nitrogens is 2. The minimum Gasteiger partial charge on any atom is -0.339 e. The van der Waals surface area contributed by atoms with E-state index in [9.17, 15) is 4.79 Å². The van der Waals surface area contributed by atoms with E-state index in [0.717, 1.165) is 35.0 Å². The first-order valence-corrected chi connectivity index (χ1v) is 8.28. The predicted molar refractivity (Wildman–Crippen MR) is 79.9 cm³/mol. The summed E-state index contributed by atoms with van der Waals surface area (Å²) in [5, 5.41) is 8.70. The summed E-state index contributed by atoms with van der Waals surface area (Å²) in [5.74, 6) is -0.131. The molecular formula is C13H16N4OS2. The van der Waals surface area contributed by atoms with E-state index in [1.54, 1.807) is 16.7 Å². The zero-order valence-corrected chi connectivity index (χ0v) is 12.8. The van der Waals surface area contributed by atoms with E-state index in [1.165, 1.54) is 11.3 Å². The molecule has 7 heteroatoms. The Bertz CT molecular complexity index is 630. The SMILES string of the molecule is Cc1csc(C2(NC(=O)c3csc(CN)n3)CCC2)n1. The molecule has 0 unspecified atom stereocenters. The van der Waals surface area contributed by atoms with Crippen molar-refractivity contribution in [3.63, 3.8) is 0 Å². The van der Waals surface area contributed by atoms with Gasteiger partial charge in [-0.3, -0.25) is 4.79 Å². The van der Waals surface area contributed by atoms with E-state index in [4.69, 9.17) is 5.73 Å². The summed E-state index contributed by atoms with van der Waals surface area (Å²) in [5.41, 5.74) is 6.70. The average Bonchev–Trinajstić information content (AvgIpc) is 3.02. The largest absolute Gasteiger partial charge is 0.339 e. The van der Waals surface area contributed by atoms with Crippen LogP contribution in [0.5, 0.6) is 0 Å². The molecule has 0 radical (unpaired) electrons. The molecule has 1 saturated carbocycles. The number of nitrogens with zero attached hydrogens (tertiary/aromatic N) is 2. The minimum absolute atomic E-state index is 0.131. The van der Waals surface area contributed by atoms with Gasteiger partial charge in [0.25, 0.3) is 5.91 Å². The highest BCUT2D eigenvalue weighted by Gasteiger charge is 2.42. The van der Waals surface area contributed by atoms with Gasteiger partial charge in [0.05, 0.1) is 5.54 Å². The normalized spacial score (nSPS) is 16.7. The lowest BCUT2D eigenvalue weighted by atomic mass is 9.77. The Morgan fingerprint density at radius 2 is 2.20 bits per heavy atom. The molecule has 1 aliphatic rings. The number of thiazole rings is 2. The van der Waals surface area contributed by atoms with Crippen LogP contribution in [0.15, 0.2) is 10.8 Å². The maximum Gasteiger partial charge on any atom is 0.271 e. The molecule has 5 nitrogen and oxygen atoms in total. The minimum atomic E-state index is -0.289. The molecular weight excluding hydrogens is 292 g/mol. The van der Waals surface area contributed by atoms with Crippen LogP contribution < -0.4 is 11.1 Å². The molecule has 0 aromatic carbocycles. The lowest BCUT2D eigenvalue weighted by Gasteiger charge is -2.40. The zero-order chi connectivity index (χ0) is 14.2. The van der Waals surface area contributed by atoms with Crippen molar-refractivity contribution in [1.82, 2.24) is 15.3 Å². The van der Waals surface area contributed by atoms with Crippen molar-refractivity contribution >= 4 is 28.6 Å². The number of amides is 1. The Balaban J connectivity index is 1.79. The molecule has 0 spiro atoms. The van der Waals surface area contributed by atoms with Gasteiger partial charge < -0.3 is 11.1 Å². The second-order valence-corrected chi connectivity index (χ2v) is 6.82. The van der Waals surface area contributed by atoms with E-state index in [-0.39, 0.29) is 11.4 Å². The molecule has 20 heavy (non-hydrogen) atoms. The fourth-order valence-corrected chi connectivity index (χ4v) is 3.95. The highest BCUT2D eigenvalue weighted by Crippen LogP contribution is 2.42. The average molecular weight is 308 g/mol. The highest BCUT2D eigenvalue weighted by molar-refractivity contribution is 7.10. The molecule has 0 bridgehead atoms. The van der Waals surface area contributed by atoms with E-state index in [2.05, 4.69) is 15.3 Å². The maximum atomic E-state index is 12.3. The molecule has 0 atom stereocenters. The van der Waals surface area contributed by atoms with Gasteiger partial charge in [-0.05, 0) is 26.2 Å². The van der Waals surface area contributed by atoms with Gasteiger partial charge in [-0.15, -0.1) is 22.7 Å². The fraction of sp³-hybridized carbons (Fsp3) is 0.462. The topological polar surface area (TPSA) is 80.9 Å². The molecule has 3 rings (SSSR count). The smallest absolute Gasteiger partial charge is 0.271 e. The van der Waals surface area contributed by atoms with E-state index in [0.29, 0.717) is 12.2 Å². The molecule has 1 aliphatic carbocycles. The third kappa shape index (κ3) is 2.36. The standard InChI is InChI=1S/C13H16N4OS2/c1-8-6-20-12(15-8)13(3-2-4-13)17-11(18)9-7-19-10(5-14)16-9/h6-7H,2-5,14H2,1H3,(H,17,18). The van der Waals surface area contributed by atoms with Crippen LogP contribution in [0.3, 0.4) is 0 Å². The summed E-state index contributed by atoms with van der Waals surface area (Å²) in [7, 11) is 0. The summed E-state index contributed by atoms with van der Waals surface area (Å²) in [6.45, 7) is 2.34. The number of carbonyl (C=O) groups is 1. The molecule has 2 aromatic rings. The number of carbonyl (C=O) groups excluding carboxylic acids is 1. The van der Waals surface area contributed by atoms with E-state index < -0.39 is 0 Å². The third-order valence-electron chi connectivity index (χ3n) is 3.55. The van der Waals surface area contributed by atoms with Crippen molar-refractivity contribution in [2.45, 2.75) is 38.3 Å². The van der Waals surface area contributed by atoms with E-state index >= 15 is 0 Å². The number of aryl methyl sites for hydroxylation is 1. The van der Waals surface area contributed by atoms with Crippen molar-refractivity contribution in [2.24, 2.45) is 5.73 Å². The first kappa shape index (κ1) is 13.7. The number of hydrogen-bond donors (Lipinski definition) is 2. The molecule has 2 heterocycles. The van der Waals surface area contributed by atoms with Gasteiger partial charge in [0, 0.05) is 23.0 Å². The van der Waals surface area contributed by atoms with Gasteiger partial charge in [-0.2, -0.15) is 0 Å². The molecule has 3 N–H and O–H groups in total. The van der Waals surface area contributed by atoms with Crippen LogP contribution in [0.1, 0.15) is 45.5 Å². The van der Waals surface area contributed by atoms with Gasteiger partial charge >= 0.3 is 0 Å². The van der Waals surface area contributed by atoms with Crippen molar-refractivity contribution in [2.75, 3.05) is 0 Å². The molecule has 2 aromatic heterocycles. The van der Waals surface area contributed by atoms with Crippen molar-refractivity contribution in [3.05, 3.63) is 32.2 Å². The summed E-state index contributed by atoms with van der Waals surface area (Å²) < 4.78 is 0. The van der Waals surface area contributed by atoms with Gasteiger partial charge in [-0.1, -0.05) is 0 Å². The Kier molecular flexibility index (Phi) is 3.57. The first-order chi connectivity index (χ1) is 9.63. The second kappa shape index (κ2) is 5.23. The third-order valence-corrected chi connectivity index (χ3v) is 5.58. The fourth-order valence-electron chi connectivity index (χ4n) is 2.29. The van der Waals surface area contributed by atoms with Crippen LogP contribution in [0.2, 0.25) is 0 Å². The van der Waals surface area contributed by atoms with Crippen LogP contribution >= 0.6 is 22.7 Å². The van der Waals surface area contributed by atoms with Gasteiger partial charge in [0.1, 0.15) is 15.7 Å². The summed E-state index contributed by atoms with van der Waals surface area (Å²) in [4.78, 5) is 21.1. The van der Waals surface area contributed by atoms with Gasteiger partial charge in [0.15, 0.2) is 0 Å². The quantitative estimate of drug-likeness (QED) is 0.907. The van der Waals surface area contributed by atoms with E-state index in [1.807, 2.05) is 12.3 Å². The lowest BCUT2D eigenvalue weighted by Crippen LogP contribution is -2.50. The van der Waals surface area contributed by atoms with Crippen molar-refractivity contribution < 1.29 is 4.79 Å². The number of nitrogens with one attached hydrogen (secondary N) is 1. The van der Waals surface area contributed by atoms with Crippen LogP contribution in [0.4, 0.5) is 0 Å². The summed E-state index contributed by atoms with van der Waals surface area (Å²) in [6.07, 6.45) is 3.00. The monoisotopic (exact) mass is 308 g/mol. The van der Waals surface area contributed by atoms with Crippen LogP contribution in [-0.4, -0.2) is 15.9 Å². The number of nitrogens with two attached hydrogens (primary N) is 1. The zero-order valence-electron chi connectivity index (χ0n) is 11.2. The number of rotatable bonds is 4. The molecule has 1 fully saturated rings. The van der Waals surface area contributed by atoms with Crippen LogP contribution in [-0.2, 0) is 12.1 Å². The van der Waals surface area contributed by atoms with Gasteiger partial charge in [0.2, 0.25) is 0 Å².